The van der Waals surface area contributed by atoms with Gasteiger partial charge >= 0.3 is 0 Å². The minimum atomic E-state index is -3.54. The first kappa shape index (κ1) is 18.2. The lowest BCUT2D eigenvalue weighted by molar-refractivity contribution is 0.565. The number of anilines is 1. The molecule has 3 aromatic rings. The molecule has 0 aliphatic carbocycles. The van der Waals surface area contributed by atoms with Crippen LogP contribution in [0.25, 0.3) is 0 Å². The maximum absolute atomic E-state index is 12.8. The molecule has 27 heavy (non-hydrogen) atoms. The van der Waals surface area contributed by atoms with Crippen molar-refractivity contribution >= 4 is 27.0 Å². The smallest absolute Gasteiger partial charge is 0.240 e. The molecule has 0 radical (unpaired) electrons. The monoisotopic (exact) mass is 398 g/mol. The summed E-state index contributed by atoms with van der Waals surface area (Å²) in [5.41, 5.74) is 3.56. The van der Waals surface area contributed by atoms with E-state index >= 15 is 0 Å². The third-order valence-electron chi connectivity index (χ3n) is 4.97. The highest BCUT2D eigenvalue weighted by Gasteiger charge is 2.29. The van der Waals surface area contributed by atoms with Crippen LogP contribution in [0.1, 0.15) is 22.0 Å². The highest BCUT2D eigenvalue weighted by atomic mass is 32.2. The number of sulfonamides is 1. The Kier molecular flexibility index (Phi) is 5.04. The van der Waals surface area contributed by atoms with Crippen molar-refractivity contribution in [1.29, 1.82) is 0 Å². The first-order valence-electron chi connectivity index (χ1n) is 8.99. The van der Waals surface area contributed by atoms with Crippen molar-refractivity contribution < 1.29 is 8.42 Å². The summed E-state index contributed by atoms with van der Waals surface area (Å²) >= 11 is 1.66. The van der Waals surface area contributed by atoms with Crippen molar-refractivity contribution in [2.24, 2.45) is 0 Å². The van der Waals surface area contributed by atoms with E-state index in [4.69, 9.17) is 0 Å². The molecule has 4 nitrogen and oxygen atoms in total. The Hall–Kier alpha value is -2.15. The van der Waals surface area contributed by atoms with Crippen LogP contribution >= 0.6 is 11.3 Å². The van der Waals surface area contributed by atoms with E-state index in [-0.39, 0.29) is 6.04 Å². The summed E-state index contributed by atoms with van der Waals surface area (Å²) in [5.74, 6) is 0. The highest BCUT2D eigenvalue weighted by molar-refractivity contribution is 7.89. The number of para-hydroxylation sites is 1. The Morgan fingerprint density at radius 2 is 1.85 bits per heavy atom. The predicted molar refractivity (Wildman–Crippen MR) is 111 cm³/mol. The van der Waals surface area contributed by atoms with Gasteiger partial charge in [0, 0.05) is 23.7 Å². The Morgan fingerprint density at radius 1 is 1.07 bits per heavy atom. The van der Waals surface area contributed by atoms with Gasteiger partial charge in [0.1, 0.15) is 0 Å². The first-order valence-corrected chi connectivity index (χ1v) is 11.4. The SMILES string of the molecule is Cc1ccc(S(=O)(=O)NC[C@@H](c2cccs2)N2CCc3ccccc32)cc1. The van der Waals surface area contributed by atoms with Gasteiger partial charge in [0.05, 0.1) is 10.9 Å². The van der Waals surface area contributed by atoms with Gasteiger partial charge in [-0.3, -0.25) is 0 Å². The maximum atomic E-state index is 12.8. The molecule has 1 atom stereocenters. The lowest BCUT2D eigenvalue weighted by Crippen LogP contribution is -2.37. The fourth-order valence-electron chi connectivity index (χ4n) is 3.52. The van der Waals surface area contributed by atoms with Crippen LogP contribution < -0.4 is 9.62 Å². The molecule has 1 N–H and O–H groups in total. The van der Waals surface area contributed by atoms with E-state index in [2.05, 4.69) is 33.9 Å². The summed E-state index contributed by atoms with van der Waals surface area (Å²) in [7, 11) is -3.54. The Morgan fingerprint density at radius 3 is 2.59 bits per heavy atom. The van der Waals surface area contributed by atoms with Crippen molar-refractivity contribution in [3.63, 3.8) is 0 Å². The Bertz CT molecular complexity index is 1010. The van der Waals surface area contributed by atoms with Gasteiger partial charge in [0.25, 0.3) is 0 Å². The Balaban J connectivity index is 1.59. The van der Waals surface area contributed by atoms with E-state index in [0.29, 0.717) is 11.4 Å². The molecule has 0 saturated carbocycles. The topological polar surface area (TPSA) is 49.4 Å². The number of nitrogens with zero attached hydrogens (tertiary/aromatic N) is 1. The van der Waals surface area contributed by atoms with Gasteiger partial charge in [0.2, 0.25) is 10.0 Å². The van der Waals surface area contributed by atoms with Crippen molar-refractivity contribution in [3.05, 3.63) is 82.0 Å². The van der Waals surface area contributed by atoms with E-state index in [9.17, 15) is 8.42 Å². The van der Waals surface area contributed by atoms with E-state index in [1.807, 2.05) is 36.6 Å². The summed E-state index contributed by atoms with van der Waals surface area (Å²) in [6.07, 6.45) is 0.989. The number of nitrogens with one attached hydrogen (secondary N) is 1. The molecule has 0 bridgehead atoms. The van der Waals surface area contributed by atoms with Crippen LogP contribution in [0, 0.1) is 6.92 Å². The third kappa shape index (κ3) is 3.78. The van der Waals surface area contributed by atoms with Gasteiger partial charge in [-0.15, -0.1) is 11.3 Å². The number of fused-ring (bicyclic) bond motifs is 1. The van der Waals surface area contributed by atoms with Gasteiger partial charge < -0.3 is 4.90 Å². The molecule has 0 unspecified atom stereocenters. The number of hydrogen-bond acceptors (Lipinski definition) is 4. The van der Waals surface area contributed by atoms with Gasteiger partial charge in [0.15, 0.2) is 0 Å². The van der Waals surface area contributed by atoms with E-state index < -0.39 is 10.0 Å². The standard InChI is InChI=1S/C21H22N2O2S2/c1-16-8-10-18(11-9-16)27(24,25)22-15-20(21-7-4-14-26-21)23-13-12-17-5-2-3-6-19(17)23/h2-11,14,20,22H,12-13,15H2,1H3/t20-/m0/s1. The van der Waals surface area contributed by atoms with Crippen LogP contribution in [0.5, 0.6) is 0 Å². The van der Waals surface area contributed by atoms with Crippen LogP contribution in [0.15, 0.2) is 70.9 Å². The minimum absolute atomic E-state index is 0.0196. The number of benzene rings is 2. The number of rotatable bonds is 6. The summed E-state index contributed by atoms with van der Waals surface area (Å²) in [6, 6.07) is 19.4. The van der Waals surface area contributed by atoms with Crippen molar-refractivity contribution in [3.8, 4) is 0 Å². The molecule has 1 aromatic heterocycles. The van der Waals surface area contributed by atoms with Crippen LogP contribution in [0.3, 0.4) is 0 Å². The largest absolute Gasteiger partial charge is 0.362 e. The summed E-state index contributed by atoms with van der Waals surface area (Å²) in [4.78, 5) is 3.79. The number of aryl methyl sites for hydroxylation is 1. The summed E-state index contributed by atoms with van der Waals surface area (Å²) in [5, 5.41) is 2.04. The zero-order valence-electron chi connectivity index (χ0n) is 15.1. The molecule has 0 amide bonds. The van der Waals surface area contributed by atoms with Crippen molar-refractivity contribution in [2.45, 2.75) is 24.3 Å². The van der Waals surface area contributed by atoms with Crippen LogP contribution in [0.4, 0.5) is 5.69 Å². The average molecular weight is 399 g/mol. The molecule has 0 spiro atoms. The third-order valence-corrected chi connectivity index (χ3v) is 7.38. The molecule has 0 saturated heterocycles. The van der Waals surface area contributed by atoms with E-state index in [0.717, 1.165) is 18.5 Å². The van der Waals surface area contributed by atoms with Crippen molar-refractivity contribution in [2.75, 3.05) is 18.0 Å². The average Bonchev–Trinajstić information content (AvgIpc) is 3.33. The predicted octanol–water partition coefficient (Wildman–Crippen LogP) is 4.14. The van der Waals surface area contributed by atoms with Gasteiger partial charge in [-0.05, 0) is 48.6 Å². The van der Waals surface area contributed by atoms with E-state index in [1.165, 1.54) is 16.1 Å². The maximum Gasteiger partial charge on any atom is 0.240 e. The quantitative estimate of drug-likeness (QED) is 0.679. The second kappa shape index (κ2) is 7.46. The zero-order valence-corrected chi connectivity index (χ0v) is 16.8. The van der Waals surface area contributed by atoms with Gasteiger partial charge in [-0.1, -0.05) is 42.0 Å². The lowest BCUT2D eigenvalue weighted by Gasteiger charge is -2.30. The fraction of sp³-hybridized carbons (Fsp3) is 0.238. The molecule has 4 rings (SSSR count). The second-order valence-corrected chi connectivity index (χ2v) is 9.51. The lowest BCUT2D eigenvalue weighted by atomic mass is 10.1. The van der Waals surface area contributed by atoms with Crippen LogP contribution in [-0.4, -0.2) is 21.5 Å². The second-order valence-electron chi connectivity index (χ2n) is 6.77. The Labute approximate surface area is 164 Å². The van der Waals surface area contributed by atoms with Gasteiger partial charge in [-0.2, -0.15) is 0 Å². The molecular weight excluding hydrogens is 376 g/mol. The highest BCUT2D eigenvalue weighted by Crippen LogP contribution is 2.36. The summed E-state index contributed by atoms with van der Waals surface area (Å²) in [6.45, 7) is 3.18. The molecule has 0 fully saturated rings. The molecular formula is C21H22N2O2S2. The molecule has 2 aromatic carbocycles. The van der Waals surface area contributed by atoms with Crippen LogP contribution in [-0.2, 0) is 16.4 Å². The number of hydrogen-bond donors (Lipinski definition) is 1. The van der Waals surface area contributed by atoms with E-state index in [1.54, 1.807) is 23.5 Å². The normalized spacial score (nSPS) is 14.9. The number of thiophene rings is 1. The molecule has 2 heterocycles. The van der Waals surface area contributed by atoms with Gasteiger partial charge in [-0.25, -0.2) is 13.1 Å². The van der Waals surface area contributed by atoms with Crippen LogP contribution in [0.2, 0.25) is 0 Å². The zero-order chi connectivity index (χ0) is 18.9. The molecule has 1 aliphatic rings. The minimum Gasteiger partial charge on any atom is -0.362 e. The molecule has 1 aliphatic heterocycles. The molecule has 140 valence electrons. The molecule has 6 heteroatoms. The summed E-state index contributed by atoms with van der Waals surface area (Å²) < 4.78 is 28.3. The first-order chi connectivity index (χ1) is 13.0. The fourth-order valence-corrected chi connectivity index (χ4v) is 5.40. The van der Waals surface area contributed by atoms with Crippen molar-refractivity contribution in [1.82, 2.24) is 4.72 Å².